The Morgan fingerprint density at radius 2 is 1.75 bits per heavy atom. The van der Waals surface area contributed by atoms with E-state index >= 15 is 0 Å². The fourth-order valence-electron chi connectivity index (χ4n) is 2.41. The van der Waals surface area contributed by atoms with Crippen molar-refractivity contribution in [2.45, 2.75) is 12.2 Å². The number of anilines is 1. The summed E-state index contributed by atoms with van der Waals surface area (Å²) in [4.78, 5) is 14.2. The second-order valence-corrected chi connectivity index (χ2v) is 4.75. The van der Waals surface area contributed by atoms with Crippen LogP contribution in [0.25, 0.3) is 0 Å². The Morgan fingerprint density at radius 3 is 2.25 bits per heavy atom. The molecule has 1 heterocycles. The number of benzene rings is 1. The minimum Gasteiger partial charge on any atom is -0.497 e. The van der Waals surface area contributed by atoms with Gasteiger partial charge in [0, 0.05) is 44.6 Å². The van der Waals surface area contributed by atoms with Crippen molar-refractivity contribution in [1.82, 2.24) is 4.90 Å². The van der Waals surface area contributed by atoms with Gasteiger partial charge in [-0.1, -0.05) is 0 Å². The Kier molecular flexibility index (Phi) is 4.46. The number of carbonyl (C=O) groups excluding carboxylic acids is 1. The van der Waals surface area contributed by atoms with Gasteiger partial charge in [0.1, 0.15) is 18.0 Å². The fraction of sp³-hybridized carbons (Fsp3) is 0.500. The lowest BCUT2D eigenvalue weighted by Crippen LogP contribution is -2.30. The van der Waals surface area contributed by atoms with Crippen LogP contribution in [0.15, 0.2) is 18.2 Å². The highest BCUT2D eigenvalue weighted by Gasteiger charge is 2.35. The SMILES string of the molecule is COc1cc(N)cc(C(=O)N2CC(OC)C(OC)C2)c1. The molecule has 2 N–H and O–H groups in total. The molecule has 6 nitrogen and oxygen atoms in total. The maximum Gasteiger partial charge on any atom is 0.254 e. The number of hydrogen-bond donors (Lipinski definition) is 1. The predicted molar refractivity (Wildman–Crippen MR) is 74.9 cm³/mol. The van der Waals surface area contributed by atoms with Crippen LogP contribution in [0.4, 0.5) is 5.69 Å². The van der Waals surface area contributed by atoms with E-state index in [1.807, 2.05) is 0 Å². The lowest BCUT2D eigenvalue weighted by Gasteiger charge is -2.16. The van der Waals surface area contributed by atoms with Crippen molar-refractivity contribution in [2.75, 3.05) is 40.2 Å². The van der Waals surface area contributed by atoms with E-state index < -0.39 is 0 Å². The third kappa shape index (κ3) is 2.86. The first-order chi connectivity index (χ1) is 9.58. The van der Waals surface area contributed by atoms with Gasteiger partial charge in [0.15, 0.2) is 0 Å². The summed E-state index contributed by atoms with van der Waals surface area (Å²) in [6.07, 6.45) is -0.209. The molecule has 2 atom stereocenters. The van der Waals surface area contributed by atoms with Crippen LogP contribution in [-0.4, -0.2) is 57.4 Å². The summed E-state index contributed by atoms with van der Waals surface area (Å²) in [7, 11) is 4.78. The number of ether oxygens (including phenoxy) is 3. The van der Waals surface area contributed by atoms with Gasteiger partial charge in [0.25, 0.3) is 5.91 Å². The molecule has 20 heavy (non-hydrogen) atoms. The Bertz CT molecular complexity index is 480. The van der Waals surface area contributed by atoms with Gasteiger partial charge in [-0.05, 0) is 12.1 Å². The molecule has 0 saturated carbocycles. The van der Waals surface area contributed by atoms with Gasteiger partial charge in [-0.2, -0.15) is 0 Å². The van der Waals surface area contributed by atoms with Crippen LogP contribution in [0, 0.1) is 0 Å². The molecule has 110 valence electrons. The average Bonchev–Trinajstić information content (AvgIpc) is 2.88. The number of nitrogens with two attached hydrogens (primary N) is 1. The maximum atomic E-state index is 12.5. The Balaban J connectivity index is 2.18. The molecule has 1 aromatic carbocycles. The molecule has 1 fully saturated rings. The smallest absolute Gasteiger partial charge is 0.254 e. The molecule has 0 spiro atoms. The molecule has 1 aromatic rings. The van der Waals surface area contributed by atoms with Crippen molar-refractivity contribution in [3.05, 3.63) is 23.8 Å². The summed E-state index contributed by atoms with van der Waals surface area (Å²) in [6.45, 7) is 1.01. The van der Waals surface area contributed by atoms with Crippen LogP contribution in [-0.2, 0) is 9.47 Å². The van der Waals surface area contributed by atoms with Crippen LogP contribution < -0.4 is 10.5 Å². The van der Waals surface area contributed by atoms with Crippen LogP contribution in [0.5, 0.6) is 5.75 Å². The van der Waals surface area contributed by atoms with Gasteiger partial charge < -0.3 is 24.8 Å². The molecule has 0 aromatic heterocycles. The molecule has 2 unspecified atom stereocenters. The van der Waals surface area contributed by atoms with E-state index in [0.29, 0.717) is 30.1 Å². The molecule has 0 aliphatic carbocycles. The number of hydrogen-bond acceptors (Lipinski definition) is 5. The number of nitrogens with zero attached hydrogens (tertiary/aromatic N) is 1. The lowest BCUT2D eigenvalue weighted by molar-refractivity contribution is -0.00461. The quantitative estimate of drug-likeness (QED) is 0.824. The van der Waals surface area contributed by atoms with Gasteiger partial charge in [0.2, 0.25) is 0 Å². The van der Waals surface area contributed by atoms with Crippen LogP contribution >= 0.6 is 0 Å². The lowest BCUT2D eigenvalue weighted by atomic mass is 10.1. The van der Waals surface area contributed by atoms with Gasteiger partial charge >= 0.3 is 0 Å². The number of nitrogen functional groups attached to an aromatic ring is 1. The fourth-order valence-corrected chi connectivity index (χ4v) is 2.41. The molecular formula is C14H20N2O4. The van der Waals surface area contributed by atoms with Crippen molar-refractivity contribution < 1.29 is 19.0 Å². The molecule has 1 aliphatic heterocycles. The summed E-state index contributed by atoms with van der Waals surface area (Å²) in [5.74, 6) is 0.469. The van der Waals surface area contributed by atoms with E-state index in [1.165, 1.54) is 0 Å². The molecule has 0 radical (unpaired) electrons. The highest BCUT2D eigenvalue weighted by molar-refractivity contribution is 5.95. The molecule has 6 heteroatoms. The van der Waals surface area contributed by atoms with Gasteiger partial charge in [0.05, 0.1) is 7.11 Å². The Morgan fingerprint density at radius 1 is 1.15 bits per heavy atom. The highest BCUT2D eigenvalue weighted by Crippen LogP contribution is 2.23. The number of carbonyl (C=O) groups is 1. The number of amides is 1. The first-order valence-corrected chi connectivity index (χ1v) is 6.38. The summed E-state index contributed by atoms with van der Waals surface area (Å²) in [5, 5.41) is 0. The third-order valence-corrected chi connectivity index (χ3v) is 3.52. The minimum atomic E-state index is -0.105. The molecule has 0 bridgehead atoms. The summed E-state index contributed by atoms with van der Waals surface area (Å²) in [6, 6.07) is 5.00. The first-order valence-electron chi connectivity index (χ1n) is 6.38. The molecule has 1 saturated heterocycles. The second kappa shape index (κ2) is 6.11. The average molecular weight is 280 g/mol. The molecule has 1 amide bonds. The van der Waals surface area contributed by atoms with Crippen LogP contribution in [0.2, 0.25) is 0 Å². The zero-order chi connectivity index (χ0) is 14.7. The van der Waals surface area contributed by atoms with E-state index in [4.69, 9.17) is 19.9 Å². The van der Waals surface area contributed by atoms with E-state index in [9.17, 15) is 4.79 Å². The molecule has 1 aliphatic rings. The normalized spacial score (nSPS) is 22.1. The van der Waals surface area contributed by atoms with E-state index in [-0.39, 0.29) is 18.1 Å². The van der Waals surface area contributed by atoms with Crippen molar-refractivity contribution in [2.24, 2.45) is 0 Å². The summed E-state index contributed by atoms with van der Waals surface area (Å²) >= 11 is 0. The minimum absolute atomic E-state index is 0.0998. The van der Waals surface area contributed by atoms with Crippen molar-refractivity contribution in [1.29, 1.82) is 0 Å². The Hall–Kier alpha value is -1.79. The van der Waals surface area contributed by atoms with Crippen LogP contribution in [0.1, 0.15) is 10.4 Å². The summed E-state index contributed by atoms with van der Waals surface area (Å²) < 4.78 is 15.8. The van der Waals surface area contributed by atoms with Crippen LogP contribution in [0.3, 0.4) is 0 Å². The number of likely N-dealkylation sites (tertiary alicyclic amines) is 1. The number of methoxy groups -OCH3 is 3. The summed E-state index contributed by atoms with van der Waals surface area (Å²) in [5.41, 5.74) is 6.78. The zero-order valence-electron chi connectivity index (χ0n) is 12.0. The highest BCUT2D eigenvalue weighted by atomic mass is 16.5. The second-order valence-electron chi connectivity index (χ2n) is 4.75. The van der Waals surface area contributed by atoms with E-state index in [2.05, 4.69) is 0 Å². The third-order valence-electron chi connectivity index (χ3n) is 3.52. The van der Waals surface area contributed by atoms with Gasteiger partial charge in [-0.25, -0.2) is 0 Å². The topological polar surface area (TPSA) is 74.0 Å². The largest absolute Gasteiger partial charge is 0.497 e. The molecular weight excluding hydrogens is 260 g/mol. The first kappa shape index (κ1) is 14.6. The van der Waals surface area contributed by atoms with Crippen molar-refractivity contribution >= 4 is 11.6 Å². The Labute approximate surface area is 118 Å². The van der Waals surface area contributed by atoms with E-state index in [1.54, 1.807) is 44.4 Å². The zero-order valence-corrected chi connectivity index (χ0v) is 12.0. The van der Waals surface area contributed by atoms with Crippen molar-refractivity contribution in [3.8, 4) is 5.75 Å². The maximum absolute atomic E-state index is 12.5. The van der Waals surface area contributed by atoms with Gasteiger partial charge in [-0.15, -0.1) is 0 Å². The number of rotatable bonds is 4. The van der Waals surface area contributed by atoms with E-state index in [0.717, 1.165) is 0 Å². The standard InChI is InChI=1S/C14H20N2O4/c1-18-11-5-9(4-10(15)6-11)14(17)16-7-12(19-2)13(8-16)20-3/h4-6,12-13H,7-8,15H2,1-3H3. The van der Waals surface area contributed by atoms with Gasteiger partial charge in [-0.3, -0.25) is 4.79 Å². The molecule has 2 rings (SSSR count). The monoisotopic (exact) mass is 280 g/mol. The van der Waals surface area contributed by atoms with Crippen molar-refractivity contribution in [3.63, 3.8) is 0 Å². The predicted octanol–water partition coefficient (Wildman–Crippen LogP) is 0.763.